The number of benzene rings is 1. The predicted molar refractivity (Wildman–Crippen MR) is 56.9 cm³/mol. The van der Waals surface area contributed by atoms with Crippen LogP contribution in [0, 0.1) is 11.3 Å². The zero-order valence-corrected chi connectivity index (χ0v) is 8.76. The van der Waals surface area contributed by atoms with Gasteiger partial charge < -0.3 is 4.74 Å². The lowest BCUT2D eigenvalue weighted by Gasteiger charge is -2.25. The Kier molecular flexibility index (Phi) is 1.78. The lowest BCUT2D eigenvalue weighted by Crippen LogP contribution is -2.24. The minimum absolute atomic E-state index is 0.385. The first-order chi connectivity index (χ1) is 6.84. The van der Waals surface area contributed by atoms with E-state index in [2.05, 4.69) is 18.2 Å². The van der Waals surface area contributed by atoms with Crippen molar-refractivity contribution in [2.45, 2.75) is 12.8 Å². The number of fused-ring (bicyclic) bond motifs is 1. The van der Waals surface area contributed by atoms with Gasteiger partial charge in [0.1, 0.15) is 5.75 Å². The van der Waals surface area contributed by atoms with Crippen LogP contribution < -0.4 is 4.74 Å². The molecule has 0 bridgehead atoms. The third-order valence-electron chi connectivity index (χ3n) is 3.58. The molecule has 1 aliphatic heterocycles. The summed E-state index contributed by atoms with van der Waals surface area (Å²) in [5, 5.41) is 0. The van der Waals surface area contributed by atoms with E-state index in [1.807, 2.05) is 6.07 Å². The third-order valence-corrected chi connectivity index (χ3v) is 3.95. The Morgan fingerprint density at radius 2 is 2.29 bits per heavy atom. The second-order valence-corrected chi connectivity index (χ2v) is 4.80. The van der Waals surface area contributed by atoms with Crippen LogP contribution in [-0.2, 0) is 6.42 Å². The van der Waals surface area contributed by atoms with Gasteiger partial charge in [-0.2, -0.15) is 0 Å². The molecule has 14 heavy (non-hydrogen) atoms. The van der Waals surface area contributed by atoms with Crippen LogP contribution in [0.1, 0.15) is 12.0 Å². The molecule has 2 heteroatoms. The molecule has 1 fully saturated rings. The van der Waals surface area contributed by atoms with Crippen molar-refractivity contribution >= 4 is 11.6 Å². The summed E-state index contributed by atoms with van der Waals surface area (Å²) in [6.45, 7) is 0.863. The van der Waals surface area contributed by atoms with Crippen molar-refractivity contribution in [1.82, 2.24) is 0 Å². The van der Waals surface area contributed by atoms with Gasteiger partial charge in [0, 0.05) is 11.3 Å². The Hall–Kier alpha value is -0.690. The lowest BCUT2D eigenvalue weighted by atomic mass is 9.92. The van der Waals surface area contributed by atoms with Crippen LogP contribution in [0.5, 0.6) is 5.75 Å². The van der Waals surface area contributed by atoms with Crippen molar-refractivity contribution in [1.29, 1.82) is 0 Å². The molecule has 2 atom stereocenters. The molecule has 0 saturated heterocycles. The van der Waals surface area contributed by atoms with Gasteiger partial charge in [-0.1, -0.05) is 18.2 Å². The molecule has 1 saturated carbocycles. The van der Waals surface area contributed by atoms with Gasteiger partial charge in [-0.05, 0) is 30.4 Å². The van der Waals surface area contributed by atoms with E-state index in [-0.39, 0.29) is 0 Å². The maximum absolute atomic E-state index is 5.89. The fraction of sp³-hybridized carbons (Fsp3) is 0.500. The highest BCUT2D eigenvalue weighted by Gasteiger charge is 2.55. The van der Waals surface area contributed by atoms with Gasteiger partial charge in [-0.3, -0.25) is 0 Å². The molecule has 74 valence electrons. The lowest BCUT2D eigenvalue weighted by molar-refractivity contribution is 0.196. The molecule has 0 amide bonds. The van der Waals surface area contributed by atoms with Gasteiger partial charge in [-0.15, -0.1) is 11.6 Å². The Morgan fingerprint density at radius 3 is 3.07 bits per heavy atom. The second kappa shape index (κ2) is 2.90. The van der Waals surface area contributed by atoms with Gasteiger partial charge in [0.2, 0.25) is 0 Å². The van der Waals surface area contributed by atoms with Crippen LogP contribution in [0.15, 0.2) is 24.3 Å². The van der Waals surface area contributed by atoms with E-state index in [1.54, 1.807) is 0 Å². The first kappa shape index (κ1) is 8.60. The van der Waals surface area contributed by atoms with E-state index in [4.69, 9.17) is 16.3 Å². The largest absolute Gasteiger partial charge is 0.493 e. The van der Waals surface area contributed by atoms with E-state index in [9.17, 15) is 0 Å². The van der Waals surface area contributed by atoms with Crippen molar-refractivity contribution in [3.05, 3.63) is 29.8 Å². The molecule has 0 N–H and O–H groups in total. The van der Waals surface area contributed by atoms with Crippen LogP contribution in [0.4, 0.5) is 0 Å². The fourth-order valence-corrected chi connectivity index (χ4v) is 2.92. The molecule has 1 aromatic rings. The molecule has 3 rings (SSSR count). The quantitative estimate of drug-likeness (QED) is 0.645. The summed E-state index contributed by atoms with van der Waals surface area (Å²) in [4.78, 5) is 0. The monoisotopic (exact) mass is 208 g/mol. The van der Waals surface area contributed by atoms with Crippen LogP contribution >= 0.6 is 11.6 Å². The van der Waals surface area contributed by atoms with E-state index in [0.29, 0.717) is 11.3 Å². The molecule has 1 heterocycles. The highest BCUT2D eigenvalue weighted by atomic mass is 35.5. The summed E-state index contributed by atoms with van der Waals surface area (Å²) >= 11 is 5.89. The first-order valence-corrected chi connectivity index (χ1v) is 5.64. The number of ether oxygens (including phenoxy) is 1. The summed E-state index contributed by atoms with van der Waals surface area (Å²) in [6, 6.07) is 8.34. The van der Waals surface area contributed by atoms with Crippen molar-refractivity contribution < 1.29 is 4.74 Å². The zero-order chi connectivity index (χ0) is 9.60. The number of hydrogen-bond donors (Lipinski definition) is 0. The number of rotatable bonds is 1. The van der Waals surface area contributed by atoms with Crippen molar-refractivity contribution in [2.75, 3.05) is 12.5 Å². The molecular weight excluding hydrogens is 196 g/mol. The number of alkyl halides is 1. The van der Waals surface area contributed by atoms with Gasteiger partial charge in [0.05, 0.1) is 6.61 Å². The van der Waals surface area contributed by atoms with Crippen molar-refractivity contribution in [2.24, 2.45) is 11.3 Å². The Balaban J connectivity index is 1.88. The van der Waals surface area contributed by atoms with Crippen LogP contribution in [0.2, 0.25) is 0 Å². The zero-order valence-electron chi connectivity index (χ0n) is 8.00. The first-order valence-electron chi connectivity index (χ1n) is 5.11. The number of para-hydroxylation sites is 1. The molecule has 2 aliphatic rings. The Labute approximate surface area is 89.0 Å². The van der Waals surface area contributed by atoms with Crippen LogP contribution in [-0.4, -0.2) is 12.5 Å². The van der Waals surface area contributed by atoms with Crippen LogP contribution in [0.3, 0.4) is 0 Å². The molecule has 1 spiro atoms. The Morgan fingerprint density at radius 1 is 1.43 bits per heavy atom. The summed E-state index contributed by atoms with van der Waals surface area (Å²) in [5.41, 5.74) is 1.74. The highest BCUT2D eigenvalue weighted by molar-refractivity contribution is 6.18. The van der Waals surface area contributed by atoms with Gasteiger partial charge >= 0.3 is 0 Å². The molecule has 1 aliphatic carbocycles. The standard InChI is InChI=1S/C12H13ClO/c13-7-10-6-12(10)5-9-3-1-2-4-11(9)14-8-12/h1-4,10H,5-8H2. The maximum Gasteiger partial charge on any atom is 0.122 e. The summed E-state index contributed by atoms with van der Waals surface area (Å²) in [6.07, 6.45) is 2.39. The fourth-order valence-electron chi connectivity index (χ4n) is 2.49. The highest BCUT2D eigenvalue weighted by Crippen LogP contribution is 2.57. The van der Waals surface area contributed by atoms with E-state index >= 15 is 0 Å². The van der Waals surface area contributed by atoms with Crippen molar-refractivity contribution in [3.63, 3.8) is 0 Å². The van der Waals surface area contributed by atoms with E-state index in [0.717, 1.165) is 24.7 Å². The SMILES string of the molecule is ClCC1CC12COc1ccccc1C2. The summed E-state index contributed by atoms with van der Waals surface area (Å²) in [5.74, 6) is 2.53. The van der Waals surface area contributed by atoms with Gasteiger partial charge in [0.25, 0.3) is 0 Å². The van der Waals surface area contributed by atoms with Crippen LogP contribution in [0.25, 0.3) is 0 Å². The van der Waals surface area contributed by atoms with Crippen molar-refractivity contribution in [3.8, 4) is 5.75 Å². The smallest absolute Gasteiger partial charge is 0.122 e. The molecule has 0 radical (unpaired) electrons. The maximum atomic E-state index is 5.89. The summed E-state index contributed by atoms with van der Waals surface area (Å²) in [7, 11) is 0. The minimum Gasteiger partial charge on any atom is -0.493 e. The Bertz CT molecular complexity index is 363. The third kappa shape index (κ3) is 1.15. The van der Waals surface area contributed by atoms with E-state index < -0.39 is 0 Å². The molecule has 2 unspecified atom stereocenters. The van der Waals surface area contributed by atoms with E-state index in [1.165, 1.54) is 12.0 Å². The molecule has 1 aromatic carbocycles. The second-order valence-electron chi connectivity index (χ2n) is 4.49. The summed E-state index contributed by atoms with van der Waals surface area (Å²) < 4.78 is 5.77. The average Bonchev–Trinajstić information content (AvgIpc) is 2.91. The number of hydrogen-bond acceptors (Lipinski definition) is 1. The topological polar surface area (TPSA) is 9.23 Å². The molecular formula is C12H13ClO. The molecule has 1 nitrogen and oxygen atoms in total. The predicted octanol–water partition coefficient (Wildman–Crippen LogP) is 2.87. The molecule has 0 aromatic heterocycles. The average molecular weight is 209 g/mol. The number of halogens is 1. The minimum atomic E-state index is 0.385. The van der Waals surface area contributed by atoms with Gasteiger partial charge in [-0.25, -0.2) is 0 Å². The van der Waals surface area contributed by atoms with Gasteiger partial charge in [0.15, 0.2) is 0 Å². The normalized spacial score (nSPS) is 33.6.